The van der Waals surface area contributed by atoms with Gasteiger partial charge in [-0.25, -0.2) is 14.2 Å². The van der Waals surface area contributed by atoms with Gasteiger partial charge < -0.3 is 5.32 Å². The van der Waals surface area contributed by atoms with Crippen LogP contribution in [0.3, 0.4) is 0 Å². The van der Waals surface area contributed by atoms with E-state index in [0.29, 0.717) is 10.0 Å². The lowest BCUT2D eigenvalue weighted by Crippen LogP contribution is -2.48. The number of amides is 3. The summed E-state index contributed by atoms with van der Waals surface area (Å²) in [5.41, 5.74) is -0.680. The maximum absolute atomic E-state index is 13.6. The van der Waals surface area contributed by atoms with Crippen molar-refractivity contribution in [2.45, 2.75) is 26.1 Å². The molecule has 2 aromatic heterocycles. The Balaban J connectivity index is 1.69. The first-order chi connectivity index (χ1) is 17.0. The Hall–Kier alpha value is -4.05. The van der Waals surface area contributed by atoms with Crippen LogP contribution in [0.4, 0.5) is 33.9 Å². The Labute approximate surface area is 207 Å². The van der Waals surface area contributed by atoms with Crippen molar-refractivity contribution in [3.63, 3.8) is 0 Å². The lowest BCUT2D eigenvalue weighted by molar-refractivity contribution is -0.137. The van der Waals surface area contributed by atoms with Crippen molar-refractivity contribution in [2.75, 3.05) is 22.9 Å². The zero-order valence-corrected chi connectivity index (χ0v) is 19.7. The predicted octanol–water partition coefficient (Wildman–Crippen LogP) is 3.69. The molecule has 1 fully saturated rings. The van der Waals surface area contributed by atoms with Crippen molar-refractivity contribution in [3.8, 4) is 11.8 Å². The van der Waals surface area contributed by atoms with Crippen LogP contribution in [0.5, 0.6) is 0 Å². The fraction of sp³-hybridized carbons (Fsp3) is 0.261. The lowest BCUT2D eigenvalue weighted by Gasteiger charge is -2.28. The van der Waals surface area contributed by atoms with E-state index in [1.54, 1.807) is 6.92 Å². The molecule has 1 aromatic carbocycles. The Bertz CT molecular complexity index is 1360. The second-order valence-corrected chi connectivity index (χ2v) is 8.94. The number of aryl methyl sites for hydroxylation is 2. The van der Waals surface area contributed by atoms with Gasteiger partial charge in [-0.3, -0.25) is 14.6 Å². The number of halogens is 4. The smallest absolute Gasteiger partial charge is 0.335 e. The molecule has 13 heteroatoms. The third-order valence-corrected chi connectivity index (χ3v) is 5.89. The van der Waals surface area contributed by atoms with Crippen molar-refractivity contribution in [1.82, 2.24) is 20.5 Å². The number of nitrogens with one attached hydrogen (secondary N) is 1. The third kappa shape index (κ3) is 5.44. The first-order valence-electron chi connectivity index (χ1n) is 10.5. The molecule has 3 aromatic rings. The molecule has 1 N–H and O–H groups in total. The first kappa shape index (κ1) is 25.1. The molecule has 3 heterocycles. The minimum absolute atomic E-state index is 0.0272. The van der Waals surface area contributed by atoms with Crippen molar-refractivity contribution < 1.29 is 27.2 Å². The number of hydrogen-bond acceptors (Lipinski definition) is 6. The van der Waals surface area contributed by atoms with E-state index in [-0.39, 0.29) is 30.3 Å². The highest BCUT2D eigenvalue weighted by molar-refractivity contribution is 7.11. The summed E-state index contributed by atoms with van der Waals surface area (Å²) in [6.45, 7) is 2.80. The number of nitrogens with zero attached hydrogens (tertiary/aromatic N) is 5. The van der Waals surface area contributed by atoms with Gasteiger partial charge in [-0.2, -0.15) is 13.2 Å². The van der Waals surface area contributed by atoms with Crippen LogP contribution >= 0.6 is 11.3 Å². The maximum Gasteiger partial charge on any atom is 0.416 e. The number of alkyl halides is 3. The zero-order chi connectivity index (χ0) is 26.0. The summed E-state index contributed by atoms with van der Waals surface area (Å²) >= 11 is 1.26. The topological polar surface area (TPSA) is 91.3 Å². The summed E-state index contributed by atoms with van der Waals surface area (Å²) in [5.74, 6) is 4.14. The average molecular weight is 518 g/mol. The van der Waals surface area contributed by atoms with Gasteiger partial charge in [-0.1, -0.05) is 17.3 Å². The number of carbonyl (C=O) groups excluding carboxylic acids is 2. The van der Waals surface area contributed by atoms with E-state index in [2.05, 4.69) is 32.3 Å². The van der Waals surface area contributed by atoms with Crippen LogP contribution < -0.4 is 15.1 Å². The van der Waals surface area contributed by atoms with Gasteiger partial charge in [0, 0.05) is 17.9 Å². The average Bonchev–Trinajstić information content (AvgIpc) is 3.41. The van der Waals surface area contributed by atoms with Gasteiger partial charge >= 0.3 is 12.2 Å². The number of anilines is 2. The molecule has 1 aliphatic heterocycles. The van der Waals surface area contributed by atoms with Crippen molar-refractivity contribution in [1.29, 1.82) is 0 Å². The number of carbonyl (C=O) groups is 2. The van der Waals surface area contributed by atoms with Crippen LogP contribution in [0, 0.1) is 31.5 Å². The molecule has 1 saturated heterocycles. The predicted molar refractivity (Wildman–Crippen MR) is 124 cm³/mol. The summed E-state index contributed by atoms with van der Waals surface area (Å²) in [4.78, 5) is 32.4. The molecule has 36 heavy (non-hydrogen) atoms. The van der Waals surface area contributed by atoms with Crippen LogP contribution in [-0.2, 0) is 11.0 Å². The number of pyridine rings is 1. The van der Waals surface area contributed by atoms with Crippen LogP contribution in [0.15, 0.2) is 36.4 Å². The monoisotopic (exact) mass is 518 g/mol. The second-order valence-electron chi connectivity index (χ2n) is 7.75. The summed E-state index contributed by atoms with van der Waals surface area (Å²) in [6.07, 6.45) is -4.67. The molecule has 0 aliphatic carbocycles. The molecule has 0 bridgehead atoms. The van der Waals surface area contributed by atoms with Gasteiger partial charge in [0.1, 0.15) is 22.7 Å². The van der Waals surface area contributed by atoms with E-state index in [4.69, 9.17) is 0 Å². The van der Waals surface area contributed by atoms with E-state index in [0.717, 1.165) is 29.2 Å². The number of benzene rings is 1. The van der Waals surface area contributed by atoms with E-state index >= 15 is 0 Å². The van der Waals surface area contributed by atoms with Gasteiger partial charge in [0.2, 0.25) is 0 Å². The van der Waals surface area contributed by atoms with Crippen LogP contribution in [0.1, 0.15) is 21.3 Å². The van der Waals surface area contributed by atoms with E-state index in [9.17, 15) is 27.2 Å². The molecule has 8 nitrogen and oxygen atoms in total. The number of urea groups is 1. The Morgan fingerprint density at radius 2 is 1.94 bits per heavy atom. The first-order valence-corrected chi connectivity index (χ1v) is 11.3. The SMILES string of the molecule is Cc1cc(C(F)(F)F)cc(N2C(=O)NC[C@H]2C(=O)N(CC#Cc2nnc(C)s2)c2ccc(F)cc2)n1. The summed E-state index contributed by atoms with van der Waals surface area (Å²) in [6, 6.07) is 4.63. The normalized spacial score (nSPS) is 15.3. The Kier molecular flexibility index (Phi) is 6.89. The fourth-order valence-corrected chi connectivity index (χ4v) is 4.11. The van der Waals surface area contributed by atoms with Crippen molar-refractivity contribution in [2.24, 2.45) is 0 Å². The third-order valence-electron chi connectivity index (χ3n) is 5.14. The quantitative estimate of drug-likeness (QED) is 0.420. The van der Waals surface area contributed by atoms with E-state index in [1.165, 1.54) is 35.3 Å². The Morgan fingerprint density at radius 3 is 2.58 bits per heavy atom. The fourth-order valence-electron chi connectivity index (χ4n) is 3.54. The summed E-state index contributed by atoms with van der Waals surface area (Å²) in [5, 5.41) is 11.4. The minimum Gasteiger partial charge on any atom is -0.335 e. The molecule has 3 amide bonds. The van der Waals surface area contributed by atoms with Gasteiger partial charge in [0.15, 0.2) is 5.01 Å². The highest BCUT2D eigenvalue weighted by Gasteiger charge is 2.41. The molecule has 0 unspecified atom stereocenters. The van der Waals surface area contributed by atoms with E-state index in [1.807, 2.05) is 0 Å². The largest absolute Gasteiger partial charge is 0.416 e. The molecule has 0 saturated carbocycles. The van der Waals surface area contributed by atoms with Crippen molar-refractivity contribution >= 4 is 34.8 Å². The number of hydrogen-bond donors (Lipinski definition) is 1. The van der Waals surface area contributed by atoms with Crippen LogP contribution in [0.25, 0.3) is 0 Å². The molecule has 1 aliphatic rings. The summed E-state index contributed by atoms with van der Waals surface area (Å²) < 4.78 is 53.6. The molecular weight excluding hydrogens is 500 g/mol. The lowest BCUT2D eigenvalue weighted by atomic mass is 10.1. The van der Waals surface area contributed by atoms with Gasteiger partial charge in [0.05, 0.1) is 12.1 Å². The highest BCUT2D eigenvalue weighted by atomic mass is 32.1. The van der Waals surface area contributed by atoms with Crippen LogP contribution in [-0.4, -0.2) is 46.3 Å². The van der Waals surface area contributed by atoms with Gasteiger partial charge in [-0.15, -0.1) is 10.2 Å². The van der Waals surface area contributed by atoms with Gasteiger partial charge in [0.25, 0.3) is 5.91 Å². The maximum atomic E-state index is 13.6. The Morgan fingerprint density at radius 1 is 1.22 bits per heavy atom. The molecule has 186 valence electrons. The van der Waals surface area contributed by atoms with Gasteiger partial charge in [-0.05, 0) is 56.2 Å². The number of aromatic nitrogens is 3. The van der Waals surface area contributed by atoms with Crippen molar-refractivity contribution in [3.05, 3.63) is 63.5 Å². The minimum atomic E-state index is -4.67. The molecule has 1 atom stereocenters. The second kappa shape index (κ2) is 9.90. The number of rotatable bonds is 4. The highest BCUT2D eigenvalue weighted by Crippen LogP contribution is 2.33. The van der Waals surface area contributed by atoms with E-state index < -0.39 is 35.5 Å². The van der Waals surface area contributed by atoms with Crippen LogP contribution in [0.2, 0.25) is 0 Å². The molecule has 0 spiro atoms. The molecule has 0 radical (unpaired) electrons. The zero-order valence-electron chi connectivity index (χ0n) is 18.9. The molecular formula is C23H18F4N6O2S. The summed E-state index contributed by atoms with van der Waals surface area (Å²) in [7, 11) is 0. The molecule has 4 rings (SSSR count). The standard InChI is InChI=1S/C23H18F4N6O2S/c1-13-10-15(23(25,26)27)11-19(29-13)33-18(12-28-22(33)35)21(34)32(17-7-5-16(24)6-8-17)9-3-4-20-31-30-14(2)36-20/h5-8,10-11,18H,9,12H2,1-2H3,(H,28,35)/t18-/m0/s1.